The van der Waals surface area contributed by atoms with E-state index in [4.69, 9.17) is 10.3 Å². The number of carbonyl (C=O) groups is 2. The summed E-state index contributed by atoms with van der Waals surface area (Å²) < 4.78 is 32.8. The van der Waals surface area contributed by atoms with E-state index >= 15 is 0 Å². The van der Waals surface area contributed by atoms with Gasteiger partial charge in [-0.15, -0.1) is 0 Å². The Morgan fingerprint density at radius 2 is 2.24 bits per heavy atom. The number of nitrogens with one attached hydrogen (secondary N) is 1. The number of amides is 2. The lowest BCUT2D eigenvalue weighted by atomic mass is 10.1. The molecular formula is C7H11N3O6S. The molecule has 2 amide bonds. The molecule has 9 nitrogen and oxygen atoms in total. The van der Waals surface area contributed by atoms with Gasteiger partial charge in [0.05, 0.1) is 6.04 Å². The average Bonchev–Trinajstić information content (AvgIpc) is 2.24. The van der Waals surface area contributed by atoms with Crippen LogP contribution < -0.4 is 11.2 Å². The molecule has 1 rings (SSSR count). The SMILES string of the molecule is NC(=O)[C@@H]1C=C[C@@H](NOS(=O)(=O)O)CN1C=O. The highest BCUT2D eigenvalue weighted by atomic mass is 32.3. The van der Waals surface area contributed by atoms with Crippen molar-refractivity contribution in [2.75, 3.05) is 6.54 Å². The van der Waals surface area contributed by atoms with Crippen molar-refractivity contribution in [2.24, 2.45) is 5.73 Å². The van der Waals surface area contributed by atoms with Crippen LogP contribution in [-0.4, -0.2) is 48.8 Å². The summed E-state index contributed by atoms with van der Waals surface area (Å²) in [7, 11) is -4.62. The van der Waals surface area contributed by atoms with Crippen molar-refractivity contribution >= 4 is 22.7 Å². The number of carbonyl (C=O) groups excluding carboxylic acids is 2. The van der Waals surface area contributed by atoms with Crippen LogP contribution in [0.3, 0.4) is 0 Å². The Bertz CT molecular complexity index is 433. The first-order valence-corrected chi connectivity index (χ1v) is 5.80. The molecule has 0 unspecified atom stereocenters. The smallest absolute Gasteiger partial charge is 0.368 e. The zero-order valence-electron chi connectivity index (χ0n) is 8.52. The molecule has 0 aromatic rings. The van der Waals surface area contributed by atoms with Crippen LogP contribution in [0.1, 0.15) is 0 Å². The molecule has 0 saturated carbocycles. The van der Waals surface area contributed by atoms with Gasteiger partial charge < -0.3 is 10.6 Å². The van der Waals surface area contributed by atoms with Crippen LogP contribution in [0.15, 0.2) is 12.2 Å². The van der Waals surface area contributed by atoms with Crippen LogP contribution >= 0.6 is 0 Å². The Balaban J connectivity index is 2.66. The molecule has 96 valence electrons. The summed E-state index contributed by atoms with van der Waals surface area (Å²) >= 11 is 0. The average molecular weight is 265 g/mol. The number of nitrogens with two attached hydrogens (primary N) is 1. The molecule has 4 N–H and O–H groups in total. The maximum atomic E-state index is 10.9. The fourth-order valence-electron chi connectivity index (χ4n) is 1.32. The molecule has 0 spiro atoms. The number of rotatable bonds is 5. The summed E-state index contributed by atoms with van der Waals surface area (Å²) in [6.07, 6.45) is 3.13. The highest BCUT2D eigenvalue weighted by molar-refractivity contribution is 7.80. The topological polar surface area (TPSA) is 139 Å². The molecule has 0 fully saturated rings. The second-order valence-corrected chi connectivity index (χ2v) is 4.29. The van der Waals surface area contributed by atoms with Crippen LogP contribution in [0.2, 0.25) is 0 Å². The number of hydrogen-bond acceptors (Lipinski definition) is 6. The van der Waals surface area contributed by atoms with Crippen LogP contribution in [0.5, 0.6) is 0 Å². The first kappa shape index (κ1) is 13.6. The Kier molecular flexibility index (Phi) is 4.17. The first-order chi connectivity index (χ1) is 7.83. The van der Waals surface area contributed by atoms with E-state index in [0.29, 0.717) is 6.41 Å². The minimum Gasteiger partial charge on any atom is -0.368 e. The lowest BCUT2D eigenvalue weighted by Crippen LogP contribution is -2.51. The van der Waals surface area contributed by atoms with Crippen molar-refractivity contribution in [3.8, 4) is 0 Å². The number of hydrogen-bond donors (Lipinski definition) is 3. The molecular weight excluding hydrogens is 254 g/mol. The van der Waals surface area contributed by atoms with Crippen LogP contribution in [0.25, 0.3) is 0 Å². The van der Waals surface area contributed by atoms with E-state index in [9.17, 15) is 18.0 Å². The normalized spacial score (nSPS) is 24.6. The predicted octanol–water partition coefficient (Wildman–Crippen LogP) is -2.44. The fourth-order valence-corrected chi connectivity index (χ4v) is 1.56. The standard InChI is InChI=1S/C7H11N3O6S/c8-7(12)6-2-1-5(3-10(6)4-11)9-16-17(13,14)15/h1-2,4-6,9H,3H2,(H2,8,12)(H,13,14,15)/t5-,6+/m1/s1. The molecule has 1 aliphatic rings. The molecule has 17 heavy (non-hydrogen) atoms. The maximum Gasteiger partial charge on any atom is 0.413 e. The largest absolute Gasteiger partial charge is 0.413 e. The van der Waals surface area contributed by atoms with Gasteiger partial charge in [0.1, 0.15) is 6.04 Å². The van der Waals surface area contributed by atoms with E-state index in [-0.39, 0.29) is 6.54 Å². The van der Waals surface area contributed by atoms with Gasteiger partial charge in [0.15, 0.2) is 0 Å². The second-order valence-electron chi connectivity index (χ2n) is 3.27. The fraction of sp³-hybridized carbons (Fsp3) is 0.429. The maximum absolute atomic E-state index is 10.9. The molecule has 1 aliphatic heterocycles. The lowest BCUT2D eigenvalue weighted by Gasteiger charge is -2.30. The van der Waals surface area contributed by atoms with E-state index < -0.39 is 28.4 Å². The van der Waals surface area contributed by atoms with Gasteiger partial charge in [-0.3, -0.25) is 14.1 Å². The van der Waals surface area contributed by atoms with E-state index in [1.165, 1.54) is 12.2 Å². The van der Waals surface area contributed by atoms with Crippen molar-refractivity contribution < 1.29 is 26.8 Å². The summed E-state index contributed by atoms with van der Waals surface area (Å²) in [4.78, 5) is 22.7. The molecule has 0 aromatic carbocycles. The highest BCUT2D eigenvalue weighted by Gasteiger charge is 2.27. The monoisotopic (exact) mass is 265 g/mol. The summed E-state index contributed by atoms with van der Waals surface area (Å²) in [5.41, 5.74) is 7.05. The second kappa shape index (κ2) is 5.23. The highest BCUT2D eigenvalue weighted by Crippen LogP contribution is 2.08. The van der Waals surface area contributed by atoms with Gasteiger partial charge in [0, 0.05) is 6.54 Å². The molecule has 0 saturated heterocycles. The van der Waals surface area contributed by atoms with Crippen molar-refractivity contribution in [3.05, 3.63) is 12.2 Å². The Hall–Kier alpha value is -1.49. The van der Waals surface area contributed by atoms with Crippen molar-refractivity contribution in [3.63, 3.8) is 0 Å². The third-order valence-corrected chi connectivity index (χ3v) is 2.33. The third-order valence-electron chi connectivity index (χ3n) is 2.02. The van der Waals surface area contributed by atoms with Crippen molar-refractivity contribution in [1.82, 2.24) is 10.4 Å². The zero-order valence-corrected chi connectivity index (χ0v) is 9.33. The van der Waals surface area contributed by atoms with Gasteiger partial charge in [-0.2, -0.15) is 18.2 Å². The van der Waals surface area contributed by atoms with Crippen LogP contribution in [0, 0.1) is 0 Å². The van der Waals surface area contributed by atoms with Gasteiger partial charge in [-0.05, 0) is 0 Å². The van der Waals surface area contributed by atoms with Crippen LogP contribution in [0.4, 0.5) is 0 Å². The predicted molar refractivity (Wildman–Crippen MR) is 54.4 cm³/mol. The number of nitrogens with zero attached hydrogens (tertiary/aromatic N) is 1. The Morgan fingerprint density at radius 1 is 1.59 bits per heavy atom. The zero-order chi connectivity index (χ0) is 13.1. The Labute approximate surface area is 97.1 Å². The Morgan fingerprint density at radius 3 is 2.71 bits per heavy atom. The third kappa shape index (κ3) is 4.11. The van der Waals surface area contributed by atoms with Gasteiger partial charge in [0.25, 0.3) is 0 Å². The minimum absolute atomic E-state index is 0.0247. The van der Waals surface area contributed by atoms with Crippen molar-refractivity contribution in [1.29, 1.82) is 0 Å². The molecule has 1 heterocycles. The molecule has 0 bridgehead atoms. The summed E-state index contributed by atoms with van der Waals surface area (Å²) in [6, 6.07) is -1.56. The van der Waals surface area contributed by atoms with E-state index in [1.807, 2.05) is 5.48 Å². The number of hydroxylamine groups is 1. The van der Waals surface area contributed by atoms with E-state index in [1.54, 1.807) is 0 Å². The number of primary amides is 1. The van der Waals surface area contributed by atoms with E-state index in [0.717, 1.165) is 4.90 Å². The summed E-state index contributed by atoms with van der Waals surface area (Å²) in [6.45, 7) is -0.0247. The summed E-state index contributed by atoms with van der Waals surface area (Å²) in [5.74, 6) is -0.706. The van der Waals surface area contributed by atoms with Gasteiger partial charge in [-0.1, -0.05) is 12.2 Å². The summed E-state index contributed by atoms with van der Waals surface area (Å²) in [5, 5.41) is 0. The minimum atomic E-state index is -4.62. The van der Waals surface area contributed by atoms with Gasteiger partial charge in [-0.25, -0.2) is 0 Å². The van der Waals surface area contributed by atoms with Gasteiger partial charge in [0.2, 0.25) is 12.3 Å². The molecule has 0 aliphatic carbocycles. The van der Waals surface area contributed by atoms with E-state index in [2.05, 4.69) is 4.28 Å². The quantitative estimate of drug-likeness (QED) is 0.217. The lowest BCUT2D eigenvalue weighted by molar-refractivity contribution is -0.129. The molecule has 0 aromatic heterocycles. The molecule has 2 atom stereocenters. The molecule has 0 radical (unpaired) electrons. The molecule has 10 heteroatoms. The van der Waals surface area contributed by atoms with Crippen LogP contribution in [-0.2, 0) is 24.3 Å². The first-order valence-electron chi connectivity index (χ1n) is 4.43. The van der Waals surface area contributed by atoms with Gasteiger partial charge >= 0.3 is 10.4 Å². The van der Waals surface area contributed by atoms with Crippen molar-refractivity contribution in [2.45, 2.75) is 12.1 Å².